The second-order valence-electron chi connectivity index (χ2n) is 4.44. The van der Waals surface area contributed by atoms with Gasteiger partial charge in [0.2, 0.25) is 0 Å². The van der Waals surface area contributed by atoms with Gasteiger partial charge in [0.25, 0.3) is 0 Å². The summed E-state index contributed by atoms with van der Waals surface area (Å²) in [4.78, 5) is 25.1. The summed E-state index contributed by atoms with van der Waals surface area (Å²) >= 11 is 0. The van der Waals surface area contributed by atoms with Gasteiger partial charge in [0.15, 0.2) is 0 Å². The molecule has 1 amide bonds. The zero-order valence-electron chi connectivity index (χ0n) is 11.3. The molecule has 5 heteroatoms. The van der Waals surface area contributed by atoms with Crippen molar-refractivity contribution in [2.75, 3.05) is 13.7 Å². The zero-order chi connectivity index (χ0) is 14.4. The Morgan fingerprint density at radius 2 is 2.00 bits per heavy atom. The third-order valence-corrected chi connectivity index (χ3v) is 3.12. The first-order valence-electron chi connectivity index (χ1n) is 6.42. The third kappa shape index (κ3) is 3.38. The normalized spacial score (nSPS) is 17.6. The predicted molar refractivity (Wildman–Crippen MR) is 72.9 cm³/mol. The molecule has 0 radical (unpaired) electrons. The number of hydrogen-bond donors (Lipinski definition) is 0. The first-order chi connectivity index (χ1) is 9.72. The molecular weight excluding hydrogens is 258 g/mol. The molecule has 20 heavy (non-hydrogen) atoms. The number of hydrogen-bond acceptors (Lipinski definition) is 4. The largest absolute Gasteiger partial charge is 0.467 e. The summed E-state index contributed by atoms with van der Waals surface area (Å²) in [5, 5.41) is 0. The molecule has 1 atom stereocenters. The van der Waals surface area contributed by atoms with Crippen LogP contribution in [0.1, 0.15) is 12.0 Å². The molecule has 0 aliphatic carbocycles. The molecule has 106 valence electrons. The minimum atomic E-state index is -0.603. The van der Waals surface area contributed by atoms with E-state index in [9.17, 15) is 9.59 Å². The van der Waals surface area contributed by atoms with E-state index in [2.05, 4.69) is 0 Å². The molecule has 1 aliphatic rings. The number of methoxy groups -OCH3 is 1. The fourth-order valence-electron chi connectivity index (χ4n) is 2.03. The molecule has 1 aliphatic heterocycles. The highest BCUT2D eigenvalue weighted by Crippen LogP contribution is 2.15. The predicted octanol–water partition coefficient (Wildman–Crippen LogP) is 2.13. The summed E-state index contributed by atoms with van der Waals surface area (Å²) in [7, 11) is 1.31. The molecule has 0 unspecified atom stereocenters. The smallest absolute Gasteiger partial charge is 0.411 e. The van der Waals surface area contributed by atoms with Crippen LogP contribution < -0.4 is 0 Å². The highest BCUT2D eigenvalue weighted by molar-refractivity contribution is 5.82. The van der Waals surface area contributed by atoms with E-state index in [4.69, 9.17) is 9.47 Å². The van der Waals surface area contributed by atoms with Crippen molar-refractivity contribution < 1.29 is 19.1 Å². The van der Waals surface area contributed by atoms with Gasteiger partial charge in [-0.05, 0) is 12.0 Å². The van der Waals surface area contributed by atoms with E-state index >= 15 is 0 Å². The van der Waals surface area contributed by atoms with Crippen molar-refractivity contribution in [1.82, 2.24) is 4.90 Å². The lowest BCUT2D eigenvalue weighted by atomic mass is 10.1. The lowest BCUT2D eigenvalue weighted by molar-refractivity contribution is -0.146. The van der Waals surface area contributed by atoms with E-state index in [0.29, 0.717) is 13.0 Å². The van der Waals surface area contributed by atoms with E-state index in [0.717, 1.165) is 5.56 Å². The van der Waals surface area contributed by atoms with Crippen molar-refractivity contribution in [3.63, 3.8) is 0 Å². The molecule has 0 bridgehead atoms. The SMILES string of the molecule is COC(=O)[C@H]1CC=CCN1C(=O)OCc1ccccc1. The summed E-state index contributed by atoms with van der Waals surface area (Å²) in [6.45, 7) is 0.543. The number of ether oxygens (including phenoxy) is 2. The lowest BCUT2D eigenvalue weighted by Gasteiger charge is -2.29. The van der Waals surface area contributed by atoms with Gasteiger partial charge in [-0.2, -0.15) is 0 Å². The first-order valence-corrected chi connectivity index (χ1v) is 6.42. The summed E-state index contributed by atoms with van der Waals surface area (Å²) in [6.07, 6.45) is 3.65. The monoisotopic (exact) mass is 275 g/mol. The number of benzene rings is 1. The van der Waals surface area contributed by atoms with Gasteiger partial charge in [0, 0.05) is 6.54 Å². The van der Waals surface area contributed by atoms with E-state index in [-0.39, 0.29) is 6.61 Å². The minimum Gasteiger partial charge on any atom is -0.467 e. The molecule has 0 fully saturated rings. The van der Waals surface area contributed by atoms with Crippen LogP contribution in [-0.4, -0.2) is 36.7 Å². The van der Waals surface area contributed by atoms with Crippen LogP contribution in [0.2, 0.25) is 0 Å². The summed E-state index contributed by atoms with van der Waals surface area (Å²) in [5.41, 5.74) is 0.906. The number of esters is 1. The Balaban J connectivity index is 1.96. The first kappa shape index (κ1) is 14.1. The standard InChI is InChI=1S/C15H17NO4/c1-19-14(17)13-9-5-6-10-16(13)15(18)20-11-12-7-3-2-4-8-12/h2-8,13H,9-11H2,1H3/t13-/m1/s1. The van der Waals surface area contributed by atoms with Gasteiger partial charge >= 0.3 is 12.1 Å². The number of rotatable bonds is 3. The van der Waals surface area contributed by atoms with Gasteiger partial charge in [0.05, 0.1) is 7.11 Å². The topological polar surface area (TPSA) is 55.8 Å². The highest BCUT2D eigenvalue weighted by Gasteiger charge is 2.31. The molecule has 1 aromatic rings. The van der Waals surface area contributed by atoms with Gasteiger partial charge in [-0.15, -0.1) is 0 Å². The van der Waals surface area contributed by atoms with Crippen molar-refractivity contribution in [2.24, 2.45) is 0 Å². The highest BCUT2D eigenvalue weighted by atomic mass is 16.6. The van der Waals surface area contributed by atoms with E-state index < -0.39 is 18.1 Å². The summed E-state index contributed by atoms with van der Waals surface area (Å²) in [6, 6.07) is 8.80. The molecule has 1 heterocycles. The van der Waals surface area contributed by atoms with Crippen LogP contribution in [-0.2, 0) is 20.9 Å². The molecule has 5 nitrogen and oxygen atoms in total. The molecule has 0 N–H and O–H groups in total. The van der Waals surface area contributed by atoms with Crippen LogP contribution in [0.25, 0.3) is 0 Å². The van der Waals surface area contributed by atoms with Crippen molar-refractivity contribution >= 4 is 12.1 Å². The van der Waals surface area contributed by atoms with Gasteiger partial charge < -0.3 is 9.47 Å². The molecule has 1 aromatic carbocycles. The maximum atomic E-state index is 12.1. The van der Waals surface area contributed by atoms with Crippen molar-refractivity contribution in [3.8, 4) is 0 Å². The second kappa shape index (κ2) is 6.75. The molecule has 2 rings (SSSR count). The molecule has 0 spiro atoms. The van der Waals surface area contributed by atoms with Crippen LogP contribution in [0.5, 0.6) is 0 Å². The second-order valence-corrected chi connectivity index (χ2v) is 4.44. The fourth-order valence-corrected chi connectivity index (χ4v) is 2.03. The average molecular weight is 275 g/mol. The zero-order valence-corrected chi connectivity index (χ0v) is 11.3. The number of carbonyl (C=O) groups is 2. The van der Waals surface area contributed by atoms with Crippen LogP contribution in [0, 0.1) is 0 Å². The molecule has 0 aromatic heterocycles. The average Bonchev–Trinajstić information content (AvgIpc) is 2.52. The lowest BCUT2D eigenvalue weighted by Crippen LogP contribution is -2.47. The van der Waals surface area contributed by atoms with Crippen LogP contribution in [0.3, 0.4) is 0 Å². The Morgan fingerprint density at radius 1 is 1.25 bits per heavy atom. The Hall–Kier alpha value is -2.30. The minimum absolute atomic E-state index is 0.188. The van der Waals surface area contributed by atoms with Gasteiger partial charge in [-0.3, -0.25) is 4.90 Å². The van der Waals surface area contributed by atoms with Crippen LogP contribution in [0.4, 0.5) is 4.79 Å². The van der Waals surface area contributed by atoms with Crippen LogP contribution in [0.15, 0.2) is 42.5 Å². The molecule has 0 saturated carbocycles. The van der Waals surface area contributed by atoms with Crippen molar-refractivity contribution in [2.45, 2.75) is 19.1 Å². The van der Waals surface area contributed by atoms with Gasteiger partial charge in [-0.1, -0.05) is 42.5 Å². The van der Waals surface area contributed by atoms with Gasteiger partial charge in [-0.25, -0.2) is 9.59 Å². The molecular formula is C15H17NO4. The van der Waals surface area contributed by atoms with Crippen molar-refractivity contribution in [3.05, 3.63) is 48.0 Å². The summed E-state index contributed by atoms with van der Waals surface area (Å²) in [5.74, 6) is -0.425. The Kier molecular flexibility index (Phi) is 4.76. The van der Waals surface area contributed by atoms with E-state index in [1.165, 1.54) is 12.0 Å². The Labute approximate surface area is 117 Å². The maximum absolute atomic E-state index is 12.1. The van der Waals surface area contributed by atoms with Gasteiger partial charge in [0.1, 0.15) is 12.6 Å². The van der Waals surface area contributed by atoms with E-state index in [1.807, 2.05) is 42.5 Å². The third-order valence-electron chi connectivity index (χ3n) is 3.12. The van der Waals surface area contributed by atoms with Crippen molar-refractivity contribution in [1.29, 1.82) is 0 Å². The van der Waals surface area contributed by atoms with E-state index in [1.54, 1.807) is 0 Å². The van der Waals surface area contributed by atoms with Crippen LogP contribution >= 0.6 is 0 Å². The number of carbonyl (C=O) groups excluding carboxylic acids is 2. The molecule has 0 saturated heterocycles. The fraction of sp³-hybridized carbons (Fsp3) is 0.333. The maximum Gasteiger partial charge on any atom is 0.411 e. The number of nitrogens with zero attached hydrogens (tertiary/aromatic N) is 1. The summed E-state index contributed by atoms with van der Waals surface area (Å²) < 4.78 is 9.95. The Morgan fingerprint density at radius 3 is 2.70 bits per heavy atom. The quantitative estimate of drug-likeness (QED) is 0.626. The Bertz CT molecular complexity index is 498. The number of amides is 1.